The highest BCUT2D eigenvalue weighted by molar-refractivity contribution is 8.00. The molecular formula is C21H22N2O3S. The van der Waals surface area contributed by atoms with Crippen molar-refractivity contribution in [3.8, 4) is 5.75 Å². The summed E-state index contributed by atoms with van der Waals surface area (Å²) < 4.78 is 6.93. The Morgan fingerprint density at radius 2 is 1.96 bits per heavy atom. The third-order valence-corrected chi connectivity index (χ3v) is 5.34. The third-order valence-electron chi connectivity index (χ3n) is 4.28. The van der Waals surface area contributed by atoms with E-state index in [1.807, 2.05) is 55.5 Å². The van der Waals surface area contributed by atoms with Crippen LogP contribution in [0, 0.1) is 0 Å². The smallest absolute Gasteiger partial charge is 0.252 e. The predicted octanol–water partition coefficient (Wildman–Crippen LogP) is 3.44. The Labute approximate surface area is 162 Å². The Hall–Kier alpha value is -2.73. The van der Waals surface area contributed by atoms with Crippen LogP contribution in [0.5, 0.6) is 5.75 Å². The number of amides is 1. The highest BCUT2D eigenvalue weighted by Gasteiger charge is 2.10. The summed E-state index contributed by atoms with van der Waals surface area (Å²) in [5, 5.41) is 3.90. The molecule has 5 nitrogen and oxygen atoms in total. The van der Waals surface area contributed by atoms with Crippen LogP contribution in [-0.2, 0) is 17.9 Å². The standard InChI is InChI=1S/C21H22N2O3S/c1-3-23-18-10-5-4-9-17(18)19(12-21(23)25)27-14-20(24)22-13-15-7-6-8-16(11-15)26-2/h4-12H,3,13-14H2,1-2H3,(H,22,24). The summed E-state index contributed by atoms with van der Waals surface area (Å²) in [7, 11) is 1.62. The van der Waals surface area contributed by atoms with Crippen LogP contribution in [0.1, 0.15) is 12.5 Å². The van der Waals surface area contributed by atoms with Gasteiger partial charge in [0.15, 0.2) is 0 Å². The van der Waals surface area contributed by atoms with Crippen molar-refractivity contribution in [2.75, 3.05) is 12.9 Å². The van der Waals surface area contributed by atoms with Crippen LogP contribution in [0.25, 0.3) is 10.9 Å². The lowest BCUT2D eigenvalue weighted by Crippen LogP contribution is -2.25. The number of hydrogen-bond donors (Lipinski definition) is 1. The number of aromatic nitrogens is 1. The zero-order valence-electron chi connectivity index (χ0n) is 15.4. The minimum atomic E-state index is -0.0772. The Morgan fingerprint density at radius 1 is 1.15 bits per heavy atom. The van der Waals surface area contributed by atoms with E-state index in [1.165, 1.54) is 11.8 Å². The van der Waals surface area contributed by atoms with Crippen molar-refractivity contribution in [1.29, 1.82) is 0 Å². The van der Waals surface area contributed by atoms with Crippen molar-refractivity contribution in [2.45, 2.75) is 24.9 Å². The van der Waals surface area contributed by atoms with Gasteiger partial charge in [0.2, 0.25) is 5.91 Å². The highest BCUT2D eigenvalue weighted by atomic mass is 32.2. The first-order valence-electron chi connectivity index (χ1n) is 8.77. The van der Waals surface area contributed by atoms with E-state index in [0.29, 0.717) is 13.1 Å². The summed E-state index contributed by atoms with van der Waals surface area (Å²) >= 11 is 1.38. The van der Waals surface area contributed by atoms with Gasteiger partial charge in [-0.05, 0) is 30.7 Å². The molecule has 0 saturated heterocycles. The van der Waals surface area contributed by atoms with Gasteiger partial charge in [0.1, 0.15) is 5.75 Å². The van der Waals surface area contributed by atoms with E-state index in [2.05, 4.69) is 5.32 Å². The fourth-order valence-corrected chi connectivity index (χ4v) is 3.83. The molecule has 3 rings (SSSR count). The van der Waals surface area contributed by atoms with Gasteiger partial charge in [0.25, 0.3) is 5.56 Å². The normalized spacial score (nSPS) is 10.7. The largest absolute Gasteiger partial charge is 0.497 e. The third kappa shape index (κ3) is 4.52. The molecule has 0 bridgehead atoms. The second kappa shape index (κ2) is 8.77. The summed E-state index contributed by atoms with van der Waals surface area (Å²) in [4.78, 5) is 25.4. The monoisotopic (exact) mass is 382 g/mol. The first kappa shape index (κ1) is 19.0. The van der Waals surface area contributed by atoms with Crippen LogP contribution in [0.3, 0.4) is 0 Å². The maximum atomic E-state index is 12.3. The molecule has 27 heavy (non-hydrogen) atoms. The Bertz CT molecular complexity index is 1010. The molecule has 0 radical (unpaired) electrons. The Kier molecular flexibility index (Phi) is 6.19. The number of rotatable bonds is 7. The van der Waals surface area contributed by atoms with E-state index in [-0.39, 0.29) is 17.2 Å². The second-order valence-electron chi connectivity index (χ2n) is 6.03. The van der Waals surface area contributed by atoms with Gasteiger partial charge >= 0.3 is 0 Å². The van der Waals surface area contributed by atoms with Gasteiger partial charge in [-0.3, -0.25) is 9.59 Å². The fraction of sp³-hybridized carbons (Fsp3) is 0.238. The van der Waals surface area contributed by atoms with Gasteiger partial charge in [-0.1, -0.05) is 30.3 Å². The molecule has 0 saturated carbocycles. The number of fused-ring (bicyclic) bond motifs is 1. The van der Waals surface area contributed by atoms with E-state index in [0.717, 1.165) is 27.1 Å². The van der Waals surface area contributed by atoms with Crippen molar-refractivity contribution in [1.82, 2.24) is 9.88 Å². The van der Waals surface area contributed by atoms with E-state index in [9.17, 15) is 9.59 Å². The molecule has 0 aliphatic heterocycles. The molecule has 1 aromatic heterocycles. The lowest BCUT2D eigenvalue weighted by molar-refractivity contribution is -0.118. The van der Waals surface area contributed by atoms with Gasteiger partial charge in [0, 0.05) is 29.4 Å². The highest BCUT2D eigenvalue weighted by Crippen LogP contribution is 2.26. The van der Waals surface area contributed by atoms with Crippen molar-refractivity contribution in [2.24, 2.45) is 0 Å². The summed E-state index contributed by atoms with van der Waals surface area (Å²) in [6, 6.07) is 17.0. The average Bonchev–Trinajstić information content (AvgIpc) is 2.70. The topological polar surface area (TPSA) is 60.3 Å². The van der Waals surface area contributed by atoms with E-state index >= 15 is 0 Å². The molecule has 6 heteroatoms. The minimum Gasteiger partial charge on any atom is -0.497 e. The molecule has 0 aliphatic rings. The number of nitrogens with one attached hydrogen (secondary N) is 1. The number of methoxy groups -OCH3 is 1. The Balaban J connectivity index is 1.68. The molecule has 1 N–H and O–H groups in total. The second-order valence-corrected chi connectivity index (χ2v) is 7.04. The van der Waals surface area contributed by atoms with Crippen LogP contribution in [0.2, 0.25) is 0 Å². The number of carbonyl (C=O) groups excluding carboxylic acids is 1. The zero-order valence-corrected chi connectivity index (χ0v) is 16.2. The molecule has 1 amide bonds. The van der Waals surface area contributed by atoms with E-state index < -0.39 is 0 Å². The predicted molar refractivity (Wildman–Crippen MR) is 109 cm³/mol. The number of para-hydroxylation sites is 1. The average molecular weight is 382 g/mol. The number of hydrogen-bond acceptors (Lipinski definition) is 4. The Morgan fingerprint density at radius 3 is 2.74 bits per heavy atom. The summed E-state index contributed by atoms with van der Waals surface area (Å²) in [6.07, 6.45) is 0. The van der Waals surface area contributed by atoms with Crippen LogP contribution < -0.4 is 15.6 Å². The number of aryl methyl sites for hydroxylation is 1. The molecule has 0 fully saturated rings. The number of ether oxygens (including phenoxy) is 1. The molecule has 140 valence electrons. The molecule has 0 atom stereocenters. The number of thioether (sulfide) groups is 1. The quantitative estimate of drug-likeness (QED) is 0.636. The number of benzene rings is 2. The number of pyridine rings is 1. The van der Waals surface area contributed by atoms with Gasteiger partial charge in [-0.2, -0.15) is 0 Å². The van der Waals surface area contributed by atoms with Crippen LogP contribution in [-0.4, -0.2) is 23.3 Å². The number of nitrogens with zero attached hydrogens (tertiary/aromatic N) is 1. The van der Waals surface area contributed by atoms with Gasteiger partial charge in [-0.25, -0.2) is 0 Å². The summed E-state index contributed by atoms with van der Waals surface area (Å²) in [5.41, 5.74) is 1.82. The first-order chi connectivity index (χ1) is 13.1. The lowest BCUT2D eigenvalue weighted by atomic mass is 10.2. The molecule has 2 aromatic carbocycles. The molecule has 1 heterocycles. The molecule has 0 unspecified atom stereocenters. The number of carbonyl (C=O) groups is 1. The molecular weight excluding hydrogens is 360 g/mol. The van der Waals surface area contributed by atoms with E-state index in [1.54, 1.807) is 17.7 Å². The van der Waals surface area contributed by atoms with Crippen molar-refractivity contribution >= 4 is 28.6 Å². The van der Waals surface area contributed by atoms with Crippen molar-refractivity contribution in [3.63, 3.8) is 0 Å². The maximum absolute atomic E-state index is 12.3. The zero-order chi connectivity index (χ0) is 19.2. The van der Waals surface area contributed by atoms with Crippen molar-refractivity contribution in [3.05, 3.63) is 70.5 Å². The lowest BCUT2D eigenvalue weighted by Gasteiger charge is -2.12. The van der Waals surface area contributed by atoms with Gasteiger partial charge in [-0.15, -0.1) is 11.8 Å². The maximum Gasteiger partial charge on any atom is 0.252 e. The van der Waals surface area contributed by atoms with Gasteiger partial charge < -0.3 is 14.6 Å². The van der Waals surface area contributed by atoms with E-state index in [4.69, 9.17) is 4.74 Å². The molecule has 3 aromatic rings. The fourth-order valence-electron chi connectivity index (χ4n) is 2.93. The van der Waals surface area contributed by atoms with Crippen LogP contribution in [0.4, 0.5) is 0 Å². The van der Waals surface area contributed by atoms with Crippen molar-refractivity contribution < 1.29 is 9.53 Å². The van der Waals surface area contributed by atoms with Crippen LogP contribution in [0.15, 0.2) is 64.3 Å². The SMILES string of the molecule is CCn1c(=O)cc(SCC(=O)NCc2cccc(OC)c2)c2ccccc21. The molecule has 0 aliphatic carbocycles. The minimum absolute atomic E-state index is 0.0458. The molecule has 0 spiro atoms. The summed E-state index contributed by atoms with van der Waals surface area (Å²) in [6.45, 7) is 3.01. The summed E-state index contributed by atoms with van der Waals surface area (Å²) in [5.74, 6) is 0.939. The first-order valence-corrected chi connectivity index (χ1v) is 9.76. The van der Waals surface area contributed by atoms with Gasteiger partial charge in [0.05, 0.1) is 18.4 Å². The van der Waals surface area contributed by atoms with Crippen LogP contribution >= 0.6 is 11.8 Å².